The number of nitriles is 1. The summed E-state index contributed by atoms with van der Waals surface area (Å²) in [6.45, 7) is 5.01. The molecule has 110 valence electrons. The van der Waals surface area contributed by atoms with E-state index in [2.05, 4.69) is 37.4 Å². The molecule has 0 spiro atoms. The van der Waals surface area contributed by atoms with E-state index in [0.29, 0.717) is 10.8 Å². The van der Waals surface area contributed by atoms with Crippen molar-refractivity contribution in [3.63, 3.8) is 0 Å². The van der Waals surface area contributed by atoms with Gasteiger partial charge < -0.3 is 5.32 Å². The number of hydrogen-bond acceptors (Lipinski definition) is 2. The molecule has 2 atom stereocenters. The molecule has 1 aromatic rings. The van der Waals surface area contributed by atoms with Gasteiger partial charge in [0.1, 0.15) is 0 Å². The lowest BCUT2D eigenvalue weighted by Gasteiger charge is -2.65. The van der Waals surface area contributed by atoms with Crippen LogP contribution in [0.3, 0.4) is 0 Å². The van der Waals surface area contributed by atoms with E-state index in [9.17, 15) is 0 Å². The molecule has 0 amide bonds. The summed E-state index contributed by atoms with van der Waals surface area (Å²) < 4.78 is 0. The Balaban J connectivity index is 1.63. The predicted molar refractivity (Wildman–Crippen MR) is 84.9 cm³/mol. The molecule has 2 nitrogen and oxygen atoms in total. The van der Waals surface area contributed by atoms with Crippen molar-refractivity contribution in [1.82, 2.24) is 0 Å². The van der Waals surface area contributed by atoms with Gasteiger partial charge in [0.05, 0.1) is 11.6 Å². The minimum absolute atomic E-state index is 0.289. The van der Waals surface area contributed by atoms with E-state index < -0.39 is 0 Å². The van der Waals surface area contributed by atoms with Gasteiger partial charge in [-0.05, 0) is 79.5 Å². The number of nitrogens with one attached hydrogen (secondary N) is 1. The van der Waals surface area contributed by atoms with Crippen molar-refractivity contribution in [3.05, 3.63) is 29.8 Å². The second kappa shape index (κ2) is 4.03. The van der Waals surface area contributed by atoms with Crippen molar-refractivity contribution in [2.45, 2.75) is 57.9 Å². The number of anilines is 1. The summed E-state index contributed by atoms with van der Waals surface area (Å²) in [7, 11) is 0. The van der Waals surface area contributed by atoms with E-state index in [0.717, 1.165) is 11.5 Å². The van der Waals surface area contributed by atoms with Gasteiger partial charge in [0, 0.05) is 11.2 Å². The fourth-order valence-electron chi connectivity index (χ4n) is 6.52. The van der Waals surface area contributed by atoms with Crippen molar-refractivity contribution >= 4 is 5.69 Å². The molecule has 2 unspecified atom stereocenters. The third kappa shape index (κ3) is 2.14. The highest BCUT2D eigenvalue weighted by atomic mass is 15.0. The van der Waals surface area contributed by atoms with Crippen molar-refractivity contribution in [2.75, 3.05) is 5.32 Å². The van der Waals surface area contributed by atoms with E-state index in [1.807, 2.05) is 12.1 Å². The van der Waals surface area contributed by atoms with Crippen LogP contribution in [0.2, 0.25) is 0 Å². The zero-order chi connectivity index (χ0) is 14.7. The van der Waals surface area contributed by atoms with Gasteiger partial charge in [-0.2, -0.15) is 5.26 Å². The molecule has 5 rings (SSSR count). The Morgan fingerprint density at radius 1 is 1.00 bits per heavy atom. The quantitative estimate of drug-likeness (QED) is 0.851. The van der Waals surface area contributed by atoms with Crippen molar-refractivity contribution in [2.24, 2.45) is 16.7 Å². The zero-order valence-corrected chi connectivity index (χ0v) is 13.1. The average Bonchev–Trinajstić information content (AvgIpc) is 2.34. The molecule has 4 bridgehead atoms. The van der Waals surface area contributed by atoms with Crippen LogP contribution in [-0.2, 0) is 0 Å². The van der Waals surface area contributed by atoms with Crippen LogP contribution in [0, 0.1) is 28.1 Å². The van der Waals surface area contributed by atoms with Crippen molar-refractivity contribution in [1.29, 1.82) is 5.26 Å². The van der Waals surface area contributed by atoms with Gasteiger partial charge in [0.25, 0.3) is 0 Å². The molecule has 0 saturated heterocycles. The van der Waals surface area contributed by atoms with E-state index in [1.165, 1.54) is 44.2 Å². The number of hydrogen-bond donors (Lipinski definition) is 1. The number of nitrogens with zero attached hydrogens (tertiary/aromatic N) is 1. The standard InChI is InChI=1S/C19H24N2/c1-17-7-15-8-18(2,11-17)13-19(9-15,12-17)21-16-5-3-14(10-20)4-6-16/h3-6,15,21H,7-9,11-13H2,1-2H3. The number of rotatable bonds is 2. The van der Waals surface area contributed by atoms with Gasteiger partial charge >= 0.3 is 0 Å². The average molecular weight is 280 g/mol. The van der Waals surface area contributed by atoms with E-state index >= 15 is 0 Å². The monoisotopic (exact) mass is 280 g/mol. The largest absolute Gasteiger partial charge is 0.380 e. The van der Waals surface area contributed by atoms with Gasteiger partial charge in [-0.1, -0.05) is 13.8 Å². The maximum absolute atomic E-state index is 8.93. The molecule has 0 heterocycles. The Kier molecular flexibility index (Phi) is 2.53. The molecule has 2 heteroatoms. The summed E-state index contributed by atoms with van der Waals surface area (Å²) in [6.07, 6.45) is 8.22. The molecule has 4 saturated carbocycles. The first kappa shape index (κ1) is 13.2. The first-order chi connectivity index (χ1) is 9.92. The Hall–Kier alpha value is -1.49. The lowest BCUT2D eigenvalue weighted by molar-refractivity contribution is -0.0972. The number of benzene rings is 1. The maximum atomic E-state index is 8.93. The van der Waals surface area contributed by atoms with Crippen LogP contribution in [0.15, 0.2) is 24.3 Å². The van der Waals surface area contributed by atoms with E-state index in [-0.39, 0.29) is 5.54 Å². The molecule has 4 fully saturated rings. The Morgan fingerprint density at radius 3 is 2.14 bits per heavy atom. The van der Waals surface area contributed by atoms with Crippen molar-refractivity contribution < 1.29 is 0 Å². The summed E-state index contributed by atoms with van der Waals surface area (Å²) in [5.74, 6) is 0.905. The van der Waals surface area contributed by atoms with Gasteiger partial charge in [-0.15, -0.1) is 0 Å². The summed E-state index contributed by atoms with van der Waals surface area (Å²) in [5, 5.41) is 12.8. The first-order valence-corrected chi connectivity index (χ1v) is 8.20. The maximum Gasteiger partial charge on any atom is 0.0991 e. The predicted octanol–water partition coefficient (Wildman–Crippen LogP) is 4.72. The zero-order valence-electron chi connectivity index (χ0n) is 13.1. The lowest BCUT2D eigenvalue weighted by atomic mass is 9.43. The normalized spacial score (nSPS) is 43.6. The Morgan fingerprint density at radius 2 is 1.62 bits per heavy atom. The minimum Gasteiger partial charge on any atom is -0.380 e. The van der Waals surface area contributed by atoms with Crippen molar-refractivity contribution in [3.8, 4) is 6.07 Å². The van der Waals surface area contributed by atoms with Crippen LogP contribution in [0.4, 0.5) is 5.69 Å². The van der Waals surface area contributed by atoms with Crippen LogP contribution < -0.4 is 5.32 Å². The topological polar surface area (TPSA) is 35.8 Å². The summed E-state index contributed by atoms with van der Waals surface area (Å²) in [4.78, 5) is 0. The van der Waals surface area contributed by atoms with Crippen LogP contribution >= 0.6 is 0 Å². The highest BCUT2D eigenvalue weighted by Gasteiger charge is 2.60. The first-order valence-electron chi connectivity index (χ1n) is 8.20. The second-order valence-corrected chi connectivity index (χ2v) is 8.72. The third-order valence-corrected chi connectivity index (χ3v) is 6.05. The Bertz CT molecular complexity index is 591. The van der Waals surface area contributed by atoms with Gasteiger partial charge in [-0.3, -0.25) is 0 Å². The molecule has 4 aliphatic carbocycles. The van der Waals surface area contributed by atoms with Crippen LogP contribution in [0.25, 0.3) is 0 Å². The molecule has 4 aliphatic rings. The third-order valence-electron chi connectivity index (χ3n) is 6.05. The minimum atomic E-state index is 0.289. The molecule has 0 aromatic heterocycles. The Labute approximate surface area is 127 Å². The molecular weight excluding hydrogens is 256 g/mol. The van der Waals surface area contributed by atoms with E-state index in [1.54, 1.807) is 0 Å². The van der Waals surface area contributed by atoms with Gasteiger partial charge in [0.15, 0.2) is 0 Å². The fourth-order valence-corrected chi connectivity index (χ4v) is 6.52. The van der Waals surface area contributed by atoms with Crippen LogP contribution in [0.5, 0.6) is 0 Å². The smallest absolute Gasteiger partial charge is 0.0991 e. The lowest BCUT2D eigenvalue weighted by Crippen LogP contribution is -2.61. The fraction of sp³-hybridized carbons (Fsp3) is 0.632. The summed E-state index contributed by atoms with van der Waals surface area (Å²) in [6, 6.07) is 10.2. The van der Waals surface area contributed by atoms with Crippen LogP contribution in [-0.4, -0.2) is 5.54 Å². The molecule has 21 heavy (non-hydrogen) atoms. The molecule has 0 radical (unpaired) electrons. The molecule has 0 aliphatic heterocycles. The molecule has 1 aromatic carbocycles. The SMILES string of the molecule is CC12CC3CC(C)(C1)CC(Nc1ccc(C#N)cc1)(C3)C2. The molecular formula is C19H24N2. The van der Waals surface area contributed by atoms with Gasteiger partial charge in [0.2, 0.25) is 0 Å². The molecule has 1 N–H and O–H groups in total. The highest BCUT2D eigenvalue weighted by Crippen LogP contribution is 2.66. The highest BCUT2D eigenvalue weighted by molar-refractivity contribution is 5.50. The second-order valence-electron chi connectivity index (χ2n) is 8.72. The van der Waals surface area contributed by atoms with E-state index in [4.69, 9.17) is 5.26 Å². The summed E-state index contributed by atoms with van der Waals surface area (Å²) in [5.41, 5.74) is 3.28. The van der Waals surface area contributed by atoms with Crippen LogP contribution in [0.1, 0.15) is 57.9 Å². The summed E-state index contributed by atoms with van der Waals surface area (Å²) >= 11 is 0. The van der Waals surface area contributed by atoms with Gasteiger partial charge in [-0.25, -0.2) is 0 Å².